The van der Waals surface area contributed by atoms with Crippen molar-refractivity contribution >= 4 is 28.5 Å². The minimum Gasteiger partial charge on any atom is -0.494 e. The predicted octanol–water partition coefficient (Wildman–Crippen LogP) is 18.7. The highest BCUT2D eigenvalue weighted by Gasteiger charge is 2.38. The van der Waals surface area contributed by atoms with Crippen molar-refractivity contribution in [1.82, 2.24) is 15.0 Å². The van der Waals surface area contributed by atoms with Crippen LogP contribution in [0.3, 0.4) is 0 Å². The number of aromatic amines is 3. The topological polar surface area (TPSA) is 151 Å². The Labute approximate surface area is 543 Å². The average molecular weight is 1230 g/mol. The molecule has 486 valence electrons. The Balaban J connectivity index is 1.12. The van der Waals surface area contributed by atoms with E-state index in [0.29, 0.717) is 60.3 Å². The van der Waals surface area contributed by atoms with Crippen molar-refractivity contribution in [2.75, 3.05) is 26.4 Å². The number of aromatic nitrogens is 3. The van der Waals surface area contributed by atoms with Crippen LogP contribution >= 0.6 is 0 Å². The lowest BCUT2D eigenvalue weighted by Crippen LogP contribution is -2.30. The molecule has 0 bridgehead atoms. The van der Waals surface area contributed by atoms with Crippen LogP contribution < -0.4 is 29.6 Å². The van der Waals surface area contributed by atoms with Gasteiger partial charge in [-0.1, -0.05) is 218 Å². The van der Waals surface area contributed by atoms with E-state index in [0.717, 1.165) is 113 Å². The summed E-state index contributed by atoms with van der Waals surface area (Å²) >= 11 is 0. The number of carbonyl (C=O) groups is 2. The second-order valence-electron chi connectivity index (χ2n) is 24.8. The highest BCUT2D eigenvalue weighted by molar-refractivity contribution is 6.34. The summed E-state index contributed by atoms with van der Waals surface area (Å²) < 4.78 is 24.9. The van der Waals surface area contributed by atoms with Crippen LogP contribution in [0.2, 0.25) is 0 Å². The SMILES string of the molecule is CCCCCCCCCOc1ccc(C(=O)c2ccc(C(O)(c3ccc(OCCCCCCCCC)cc3)c3ccc(/C(c4ccc(OCCCCCCCCC)cc4)=c4\cc/c(=C(\C5=NC(=O)C=C5)c5ccc(OCCCCCCCCC)cc5)[nH]4)[nH]3)[nH]2)cc1. The quantitative estimate of drug-likeness (QED) is 0.0219. The maximum atomic E-state index is 14.3. The fourth-order valence-electron chi connectivity index (χ4n) is 12.1. The van der Waals surface area contributed by atoms with Gasteiger partial charge in [-0.2, -0.15) is 0 Å². The van der Waals surface area contributed by atoms with Crippen LogP contribution in [-0.2, 0) is 10.4 Å². The molecule has 11 heteroatoms. The summed E-state index contributed by atoms with van der Waals surface area (Å²) in [5.41, 5.74) is 5.18. The van der Waals surface area contributed by atoms with Crippen LogP contribution in [0.15, 0.2) is 151 Å². The Hall–Kier alpha value is -7.63. The number of rotatable bonds is 45. The number of ketones is 1. The molecule has 1 aliphatic rings. The van der Waals surface area contributed by atoms with Crippen LogP contribution in [0.4, 0.5) is 0 Å². The van der Waals surface area contributed by atoms with E-state index in [2.05, 4.69) is 59.8 Å². The number of allylic oxidation sites excluding steroid dienone is 1. The number of aliphatic imine (C=N–C) groups is 1. The zero-order chi connectivity index (χ0) is 63.7. The van der Waals surface area contributed by atoms with E-state index in [1.165, 1.54) is 134 Å². The number of carbonyl (C=O) groups excluding carboxylic acids is 2. The van der Waals surface area contributed by atoms with Gasteiger partial charge in [-0.05, 0) is 146 Å². The van der Waals surface area contributed by atoms with Gasteiger partial charge in [-0.15, -0.1) is 0 Å². The number of hydrogen-bond donors (Lipinski definition) is 4. The predicted molar refractivity (Wildman–Crippen MR) is 373 cm³/mol. The first-order valence-electron chi connectivity index (χ1n) is 35.1. The summed E-state index contributed by atoms with van der Waals surface area (Å²) in [5.74, 6) is 2.53. The lowest BCUT2D eigenvalue weighted by molar-refractivity contribution is -0.113. The van der Waals surface area contributed by atoms with Crippen LogP contribution in [-0.4, -0.2) is 63.9 Å². The Bertz CT molecular complexity index is 3440. The van der Waals surface area contributed by atoms with Crippen LogP contribution in [0, 0.1) is 0 Å². The minimum absolute atomic E-state index is 0.204. The van der Waals surface area contributed by atoms with Gasteiger partial charge in [0.25, 0.3) is 5.91 Å². The summed E-state index contributed by atoms with van der Waals surface area (Å²) in [6.45, 7) is 11.5. The molecule has 1 aliphatic heterocycles. The molecule has 91 heavy (non-hydrogen) atoms. The third kappa shape index (κ3) is 21.2. The fourth-order valence-corrected chi connectivity index (χ4v) is 12.1. The molecule has 0 aliphatic carbocycles. The molecule has 1 unspecified atom stereocenters. The number of benzene rings is 4. The van der Waals surface area contributed by atoms with Gasteiger partial charge in [0.15, 0.2) is 5.60 Å². The normalized spacial score (nSPS) is 13.5. The maximum absolute atomic E-state index is 14.3. The zero-order valence-corrected chi connectivity index (χ0v) is 55.3. The van der Waals surface area contributed by atoms with E-state index in [4.69, 9.17) is 18.9 Å². The molecule has 0 saturated carbocycles. The van der Waals surface area contributed by atoms with E-state index in [-0.39, 0.29) is 11.7 Å². The van der Waals surface area contributed by atoms with E-state index in [1.807, 2.05) is 97.1 Å². The standard InChI is InChI=1S/C80H104N4O7/c1-5-9-13-17-21-25-29-57-88-65-41-33-61(34-42-65)77(69-49-50-70(81-69)78(72-53-56-76(85)84-72)62-35-43-66(44-36-62)89-58-30-26-22-18-14-10-6-2)71-51-54-74(82-71)80(87,64-39-47-68(48-40-64)91-60-32-28-24-20-16-12-8-4)75-55-52-73(83-75)79(86)63-37-45-67(46-38-63)90-59-31-27-23-19-15-11-7-3/h33-56,81-83,87H,5-32,57-60H2,1-4H3/b77-69+,78-70+. The van der Waals surface area contributed by atoms with Gasteiger partial charge in [-0.25, -0.2) is 4.99 Å². The Morgan fingerprint density at radius 1 is 0.374 bits per heavy atom. The first-order valence-corrected chi connectivity index (χ1v) is 35.1. The van der Waals surface area contributed by atoms with E-state index in [9.17, 15) is 14.7 Å². The van der Waals surface area contributed by atoms with Gasteiger partial charge in [0.1, 0.15) is 23.0 Å². The molecular formula is C80H104N4O7. The van der Waals surface area contributed by atoms with Crippen LogP contribution in [0.5, 0.6) is 23.0 Å². The molecule has 4 N–H and O–H groups in total. The van der Waals surface area contributed by atoms with Crippen molar-refractivity contribution in [1.29, 1.82) is 0 Å². The van der Waals surface area contributed by atoms with Crippen LogP contribution in [0.25, 0.3) is 11.1 Å². The van der Waals surface area contributed by atoms with Crippen molar-refractivity contribution in [3.05, 3.63) is 201 Å². The van der Waals surface area contributed by atoms with Crippen molar-refractivity contribution in [2.45, 2.75) is 213 Å². The molecule has 4 heterocycles. The second-order valence-corrected chi connectivity index (χ2v) is 24.8. The lowest BCUT2D eigenvalue weighted by atomic mass is 9.87. The number of hydrogen-bond acceptors (Lipinski definition) is 7. The molecule has 0 spiro atoms. The molecular weight excluding hydrogens is 1130 g/mol. The summed E-state index contributed by atoms with van der Waals surface area (Å²) in [6.07, 6.45) is 37.0. The number of nitrogens with one attached hydrogen (secondary N) is 3. The number of amides is 1. The highest BCUT2D eigenvalue weighted by Crippen LogP contribution is 2.38. The summed E-state index contributed by atoms with van der Waals surface area (Å²) in [7, 11) is 0. The Morgan fingerprint density at radius 3 is 1.11 bits per heavy atom. The molecule has 4 aromatic carbocycles. The number of nitrogens with zero attached hydrogens (tertiary/aromatic N) is 1. The molecule has 11 nitrogen and oxygen atoms in total. The number of H-pyrrole nitrogens is 3. The molecule has 7 aromatic rings. The Morgan fingerprint density at radius 2 is 0.714 bits per heavy atom. The smallest absolute Gasteiger partial charge is 0.270 e. The average Bonchev–Trinajstić information content (AvgIpc) is 1.76. The van der Waals surface area contributed by atoms with Crippen molar-refractivity contribution < 1.29 is 33.6 Å². The van der Waals surface area contributed by atoms with Crippen LogP contribution in [0.1, 0.15) is 257 Å². The molecule has 1 atom stereocenters. The van der Waals surface area contributed by atoms with Gasteiger partial charge in [-0.3, -0.25) is 9.59 Å². The monoisotopic (exact) mass is 1230 g/mol. The maximum Gasteiger partial charge on any atom is 0.270 e. The highest BCUT2D eigenvalue weighted by atomic mass is 16.5. The van der Waals surface area contributed by atoms with Gasteiger partial charge in [0.2, 0.25) is 5.78 Å². The van der Waals surface area contributed by atoms with Crippen molar-refractivity contribution in [2.24, 2.45) is 4.99 Å². The van der Waals surface area contributed by atoms with E-state index < -0.39 is 5.60 Å². The summed E-state index contributed by atoms with van der Waals surface area (Å²) in [5, 5.41) is 15.2. The number of unbranched alkanes of at least 4 members (excludes halogenated alkanes) is 24. The number of aliphatic hydroxyl groups is 1. The molecule has 0 fully saturated rings. The largest absolute Gasteiger partial charge is 0.494 e. The molecule has 0 radical (unpaired) electrons. The molecule has 8 rings (SSSR count). The van der Waals surface area contributed by atoms with Gasteiger partial charge in [0, 0.05) is 39.2 Å². The molecule has 1 amide bonds. The molecule has 3 aromatic heterocycles. The first kappa shape index (κ1) is 69.3. The minimum atomic E-state index is -1.80. The zero-order valence-electron chi connectivity index (χ0n) is 55.3. The third-order valence-corrected chi connectivity index (χ3v) is 17.5. The van der Waals surface area contributed by atoms with Gasteiger partial charge in [0.05, 0.1) is 49.2 Å². The fraction of sp³-hybridized carbons (Fsp3) is 0.463. The lowest BCUT2D eigenvalue weighted by Gasteiger charge is -2.27. The van der Waals surface area contributed by atoms with Gasteiger partial charge < -0.3 is 39.0 Å². The van der Waals surface area contributed by atoms with Crippen molar-refractivity contribution in [3.63, 3.8) is 0 Å². The van der Waals surface area contributed by atoms with Gasteiger partial charge >= 0.3 is 0 Å². The Kier molecular flexibility index (Phi) is 29.1. The number of ether oxygens (including phenoxy) is 4. The second kappa shape index (κ2) is 38.3. The third-order valence-electron chi connectivity index (χ3n) is 17.5. The van der Waals surface area contributed by atoms with Crippen molar-refractivity contribution in [3.8, 4) is 23.0 Å². The summed E-state index contributed by atoms with van der Waals surface area (Å²) in [4.78, 5) is 42.4. The van der Waals surface area contributed by atoms with E-state index in [1.54, 1.807) is 30.3 Å². The molecule has 0 saturated heterocycles. The van der Waals surface area contributed by atoms with E-state index >= 15 is 0 Å². The summed E-state index contributed by atoms with van der Waals surface area (Å²) in [6, 6.07) is 42.7. The first-order chi connectivity index (χ1) is 44.7.